The maximum absolute atomic E-state index is 13.4. The van der Waals surface area contributed by atoms with Gasteiger partial charge >= 0.3 is 12.1 Å². The van der Waals surface area contributed by atoms with Crippen LogP contribution in [0.25, 0.3) is 0 Å². The number of carbonyl (C=O) groups is 4. The molecular weight excluding hydrogens is 546 g/mol. The number of hydrogen-bond acceptors (Lipinski definition) is 6. The van der Waals surface area contributed by atoms with Crippen molar-refractivity contribution in [2.75, 3.05) is 16.8 Å². The van der Waals surface area contributed by atoms with Crippen LogP contribution in [0.5, 0.6) is 0 Å². The van der Waals surface area contributed by atoms with E-state index in [0.29, 0.717) is 17.7 Å². The first kappa shape index (κ1) is 32.0. The minimum absolute atomic E-state index is 0.0969. The zero-order chi connectivity index (χ0) is 31.4. The van der Waals surface area contributed by atoms with E-state index in [4.69, 9.17) is 9.47 Å². The highest BCUT2D eigenvalue weighted by molar-refractivity contribution is 5.98. The molecule has 2 fully saturated rings. The predicted octanol–water partition coefficient (Wildman–Crippen LogP) is 6.40. The summed E-state index contributed by atoms with van der Waals surface area (Å²) in [5.74, 6) is -0.729. The third-order valence-corrected chi connectivity index (χ3v) is 7.72. The highest BCUT2D eigenvalue weighted by atomic mass is 16.6. The van der Waals surface area contributed by atoms with Gasteiger partial charge in [-0.1, -0.05) is 31.4 Å². The second-order valence-electron chi connectivity index (χ2n) is 13.9. The van der Waals surface area contributed by atoms with Crippen LogP contribution in [0, 0.1) is 5.41 Å². The number of ether oxygens (including phenoxy) is 2. The summed E-state index contributed by atoms with van der Waals surface area (Å²) in [7, 11) is 0. The van der Waals surface area contributed by atoms with Crippen LogP contribution in [0.3, 0.4) is 0 Å². The van der Waals surface area contributed by atoms with Crippen molar-refractivity contribution in [1.82, 2.24) is 5.32 Å². The molecule has 0 unspecified atom stereocenters. The van der Waals surface area contributed by atoms with Crippen molar-refractivity contribution in [2.24, 2.45) is 5.41 Å². The SMILES string of the molecule is CC(C)(C)OC(=O)N[C@@H](Cc1ccc(N2CC3(CCCCC3)CC2=O)cc1)C(=O)Nc1ccc(C(=O)OC(C)(C)C)cc1. The number of alkyl carbamates (subject to hydrolysis) is 1. The lowest BCUT2D eigenvalue weighted by molar-refractivity contribution is -0.118. The van der Waals surface area contributed by atoms with E-state index in [2.05, 4.69) is 10.6 Å². The van der Waals surface area contributed by atoms with Gasteiger partial charge in [0.05, 0.1) is 5.56 Å². The number of rotatable bonds is 7. The van der Waals surface area contributed by atoms with E-state index in [9.17, 15) is 19.2 Å². The molecule has 2 aromatic carbocycles. The lowest BCUT2D eigenvalue weighted by atomic mass is 9.73. The molecule has 1 aliphatic carbocycles. The van der Waals surface area contributed by atoms with E-state index in [-0.39, 0.29) is 17.7 Å². The molecule has 0 aromatic heterocycles. The molecule has 2 aromatic rings. The maximum atomic E-state index is 13.4. The average Bonchev–Trinajstić information content (AvgIpc) is 3.22. The summed E-state index contributed by atoms with van der Waals surface area (Å²) >= 11 is 0. The minimum Gasteiger partial charge on any atom is -0.456 e. The first-order valence-corrected chi connectivity index (χ1v) is 15.1. The Hall–Kier alpha value is -3.88. The number of hydrogen-bond donors (Lipinski definition) is 2. The molecule has 1 spiro atoms. The van der Waals surface area contributed by atoms with Gasteiger partial charge in [0.25, 0.3) is 0 Å². The minimum atomic E-state index is -0.940. The third-order valence-electron chi connectivity index (χ3n) is 7.72. The lowest BCUT2D eigenvalue weighted by Crippen LogP contribution is -2.47. The van der Waals surface area contributed by atoms with Crippen LogP contribution < -0.4 is 15.5 Å². The second-order valence-corrected chi connectivity index (χ2v) is 13.9. The Balaban J connectivity index is 1.45. The Morgan fingerprint density at radius 3 is 2.05 bits per heavy atom. The molecule has 3 amide bonds. The van der Waals surface area contributed by atoms with Crippen LogP contribution >= 0.6 is 0 Å². The van der Waals surface area contributed by atoms with Gasteiger partial charge in [-0.2, -0.15) is 0 Å². The number of nitrogens with zero attached hydrogens (tertiary/aromatic N) is 1. The Morgan fingerprint density at radius 1 is 0.860 bits per heavy atom. The number of benzene rings is 2. The predicted molar refractivity (Wildman–Crippen MR) is 166 cm³/mol. The van der Waals surface area contributed by atoms with Crippen molar-refractivity contribution in [1.29, 1.82) is 0 Å². The summed E-state index contributed by atoms with van der Waals surface area (Å²) in [5.41, 5.74) is 1.24. The summed E-state index contributed by atoms with van der Waals surface area (Å²) < 4.78 is 10.8. The van der Waals surface area contributed by atoms with Gasteiger partial charge in [-0.05, 0) is 102 Å². The zero-order valence-electron chi connectivity index (χ0n) is 26.2. The molecule has 9 heteroatoms. The van der Waals surface area contributed by atoms with E-state index in [1.54, 1.807) is 65.8 Å². The third kappa shape index (κ3) is 9.05. The first-order chi connectivity index (χ1) is 20.1. The standard InChI is InChI=1S/C34H45N3O6/c1-32(2,3)42-30(40)24-12-14-25(15-13-24)35-29(39)27(36-31(41)43-33(4,5)6)20-23-10-16-26(17-11-23)37-22-34(21-28(37)38)18-8-7-9-19-34/h10-17,27H,7-9,18-22H2,1-6H3,(H,35,39)(H,36,41)/t27-/m0/s1. The van der Waals surface area contributed by atoms with E-state index < -0.39 is 35.2 Å². The summed E-state index contributed by atoms with van der Waals surface area (Å²) in [6.45, 7) is 11.4. The second kappa shape index (κ2) is 12.8. The molecule has 1 atom stereocenters. The Bertz CT molecular complexity index is 1320. The first-order valence-electron chi connectivity index (χ1n) is 15.1. The molecule has 232 valence electrons. The van der Waals surface area contributed by atoms with Gasteiger partial charge in [0, 0.05) is 30.8 Å². The van der Waals surface area contributed by atoms with Gasteiger partial charge in [-0.3, -0.25) is 9.59 Å². The lowest BCUT2D eigenvalue weighted by Gasteiger charge is -2.32. The summed E-state index contributed by atoms with van der Waals surface area (Å²) in [5, 5.41) is 5.53. The van der Waals surface area contributed by atoms with Crippen molar-refractivity contribution in [3.05, 3.63) is 59.7 Å². The van der Waals surface area contributed by atoms with Crippen LogP contribution in [0.2, 0.25) is 0 Å². The van der Waals surface area contributed by atoms with Crippen molar-refractivity contribution in [2.45, 2.75) is 104 Å². The van der Waals surface area contributed by atoms with E-state index >= 15 is 0 Å². The molecule has 1 aliphatic heterocycles. The van der Waals surface area contributed by atoms with Gasteiger partial charge in [0.1, 0.15) is 17.2 Å². The fourth-order valence-electron chi connectivity index (χ4n) is 5.73. The van der Waals surface area contributed by atoms with E-state index in [0.717, 1.165) is 30.6 Å². The van der Waals surface area contributed by atoms with Crippen LogP contribution in [-0.2, 0) is 25.5 Å². The largest absolute Gasteiger partial charge is 0.456 e. The highest BCUT2D eigenvalue weighted by Gasteiger charge is 2.44. The molecule has 43 heavy (non-hydrogen) atoms. The molecule has 0 bridgehead atoms. The highest BCUT2D eigenvalue weighted by Crippen LogP contribution is 2.45. The van der Waals surface area contributed by atoms with Gasteiger partial charge in [-0.25, -0.2) is 9.59 Å². The normalized spacial score (nSPS) is 17.3. The number of amides is 3. The molecule has 0 radical (unpaired) electrons. The van der Waals surface area contributed by atoms with Crippen molar-refractivity contribution in [3.8, 4) is 0 Å². The molecule has 9 nitrogen and oxygen atoms in total. The maximum Gasteiger partial charge on any atom is 0.408 e. The van der Waals surface area contributed by atoms with Gasteiger partial charge < -0.3 is 25.0 Å². The Labute approximate surface area is 254 Å². The molecule has 4 rings (SSSR count). The monoisotopic (exact) mass is 591 g/mol. The smallest absolute Gasteiger partial charge is 0.408 e. The van der Waals surface area contributed by atoms with Crippen LogP contribution in [0.4, 0.5) is 16.2 Å². The van der Waals surface area contributed by atoms with E-state index in [1.165, 1.54) is 19.3 Å². The molecule has 1 saturated heterocycles. The Morgan fingerprint density at radius 2 is 1.47 bits per heavy atom. The molecule has 1 heterocycles. The van der Waals surface area contributed by atoms with Crippen molar-refractivity contribution >= 4 is 35.3 Å². The topological polar surface area (TPSA) is 114 Å². The average molecular weight is 592 g/mol. The molecule has 1 saturated carbocycles. The van der Waals surface area contributed by atoms with Gasteiger partial charge in [-0.15, -0.1) is 0 Å². The number of nitrogens with one attached hydrogen (secondary N) is 2. The van der Waals surface area contributed by atoms with Crippen molar-refractivity contribution in [3.63, 3.8) is 0 Å². The molecular formula is C34H45N3O6. The summed E-state index contributed by atoms with van der Waals surface area (Å²) in [4.78, 5) is 53.2. The van der Waals surface area contributed by atoms with Gasteiger partial charge in [0.2, 0.25) is 11.8 Å². The number of anilines is 2. The van der Waals surface area contributed by atoms with Crippen LogP contribution in [0.15, 0.2) is 48.5 Å². The zero-order valence-corrected chi connectivity index (χ0v) is 26.2. The summed E-state index contributed by atoms with van der Waals surface area (Å²) in [6.07, 6.45) is 5.92. The molecule has 2 aliphatic rings. The van der Waals surface area contributed by atoms with Crippen LogP contribution in [0.1, 0.15) is 96.0 Å². The quantitative estimate of drug-likeness (QED) is 0.360. The van der Waals surface area contributed by atoms with Gasteiger partial charge in [0.15, 0.2) is 0 Å². The fraction of sp³-hybridized carbons (Fsp3) is 0.529. The molecule has 2 N–H and O–H groups in total. The Kier molecular flexibility index (Phi) is 9.52. The number of carbonyl (C=O) groups excluding carboxylic acids is 4. The summed E-state index contributed by atoms with van der Waals surface area (Å²) in [6, 6.07) is 13.0. The van der Waals surface area contributed by atoms with Crippen molar-refractivity contribution < 1.29 is 28.7 Å². The van der Waals surface area contributed by atoms with E-state index in [1.807, 2.05) is 29.2 Å². The number of esters is 1. The fourth-order valence-corrected chi connectivity index (χ4v) is 5.73. The van der Waals surface area contributed by atoms with Crippen LogP contribution in [-0.4, -0.2) is 47.7 Å².